The molecule has 3 fully saturated rings. The van der Waals surface area contributed by atoms with E-state index in [1.165, 1.54) is 0 Å². The van der Waals surface area contributed by atoms with Crippen molar-refractivity contribution in [2.45, 2.75) is 31.5 Å². The predicted molar refractivity (Wildman–Crippen MR) is 33.7 cm³/mol. The normalized spacial score (nSPS) is 56.7. The molecule has 2 bridgehead atoms. The molecule has 0 saturated heterocycles. The standard InChI is InChI=1S/C7H12FN/c8-6-3-7(9)5-1-4(6)2-5/h4-7H,1-3,9H2. The van der Waals surface area contributed by atoms with Crippen molar-refractivity contribution in [3.8, 4) is 0 Å². The second kappa shape index (κ2) is 1.69. The molecule has 0 aromatic heterocycles. The molecule has 3 saturated carbocycles. The molecule has 52 valence electrons. The second-order valence-corrected chi connectivity index (χ2v) is 3.41. The molecule has 2 atom stereocenters. The molecule has 2 unspecified atom stereocenters. The molecule has 0 aromatic carbocycles. The Kier molecular flexibility index (Phi) is 1.06. The molecule has 0 radical (unpaired) electrons. The lowest BCUT2D eigenvalue weighted by molar-refractivity contribution is 0.00827. The van der Waals surface area contributed by atoms with Gasteiger partial charge in [0, 0.05) is 6.04 Å². The molecule has 3 aliphatic carbocycles. The fourth-order valence-corrected chi connectivity index (χ4v) is 2.00. The van der Waals surface area contributed by atoms with Crippen LogP contribution in [0.1, 0.15) is 19.3 Å². The van der Waals surface area contributed by atoms with Crippen molar-refractivity contribution in [3.63, 3.8) is 0 Å². The molecular formula is C7H12FN. The van der Waals surface area contributed by atoms with Crippen LogP contribution in [0.2, 0.25) is 0 Å². The van der Waals surface area contributed by atoms with Gasteiger partial charge in [-0.05, 0) is 31.1 Å². The van der Waals surface area contributed by atoms with Crippen molar-refractivity contribution in [3.05, 3.63) is 0 Å². The monoisotopic (exact) mass is 129 g/mol. The highest BCUT2D eigenvalue weighted by molar-refractivity contribution is 4.97. The van der Waals surface area contributed by atoms with Crippen LogP contribution in [0.25, 0.3) is 0 Å². The molecule has 0 amide bonds. The summed E-state index contributed by atoms with van der Waals surface area (Å²) in [5.74, 6) is 1.05. The van der Waals surface area contributed by atoms with Crippen molar-refractivity contribution >= 4 is 0 Å². The summed E-state index contributed by atoms with van der Waals surface area (Å²) in [7, 11) is 0. The van der Waals surface area contributed by atoms with E-state index in [-0.39, 0.29) is 6.04 Å². The first-order chi connectivity index (χ1) is 4.27. The maximum atomic E-state index is 12.8. The van der Waals surface area contributed by atoms with E-state index >= 15 is 0 Å². The largest absolute Gasteiger partial charge is 0.327 e. The van der Waals surface area contributed by atoms with Crippen LogP contribution in [-0.2, 0) is 0 Å². The Morgan fingerprint density at radius 1 is 1.11 bits per heavy atom. The average Bonchev–Trinajstić information content (AvgIpc) is 1.57. The van der Waals surface area contributed by atoms with Crippen LogP contribution >= 0.6 is 0 Å². The van der Waals surface area contributed by atoms with Gasteiger partial charge in [-0.1, -0.05) is 0 Å². The zero-order valence-corrected chi connectivity index (χ0v) is 5.39. The molecule has 0 spiro atoms. The SMILES string of the molecule is NC1CC(F)C2CC1C2. The van der Waals surface area contributed by atoms with Gasteiger partial charge in [-0.3, -0.25) is 0 Å². The van der Waals surface area contributed by atoms with Gasteiger partial charge in [0.15, 0.2) is 0 Å². The Bertz CT molecular complexity index is 108. The summed E-state index contributed by atoms with van der Waals surface area (Å²) in [5, 5.41) is 0. The van der Waals surface area contributed by atoms with Crippen molar-refractivity contribution in [2.75, 3.05) is 0 Å². The quantitative estimate of drug-likeness (QED) is 0.520. The molecule has 3 aliphatic rings. The molecule has 2 N–H and O–H groups in total. The lowest BCUT2D eigenvalue weighted by atomic mass is 9.62. The minimum Gasteiger partial charge on any atom is -0.327 e. The van der Waals surface area contributed by atoms with Crippen LogP contribution < -0.4 is 5.73 Å². The van der Waals surface area contributed by atoms with Crippen LogP contribution in [0, 0.1) is 11.8 Å². The summed E-state index contributed by atoms with van der Waals surface area (Å²) < 4.78 is 12.8. The van der Waals surface area contributed by atoms with E-state index in [1.807, 2.05) is 0 Å². The molecule has 1 nitrogen and oxygen atoms in total. The maximum absolute atomic E-state index is 12.8. The Morgan fingerprint density at radius 2 is 1.78 bits per heavy atom. The minimum absolute atomic E-state index is 0.171. The van der Waals surface area contributed by atoms with E-state index in [1.54, 1.807) is 0 Å². The van der Waals surface area contributed by atoms with E-state index in [9.17, 15) is 4.39 Å². The number of nitrogens with two attached hydrogens (primary N) is 1. The third-order valence-corrected chi connectivity index (χ3v) is 2.83. The highest BCUT2D eigenvalue weighted by Gasteiger charge is 2.44. The Labute approximate surface area is 54.4 Å². The van der Waals surface area contributed by atoms with E-state index in [4.69, 9.17) is 5.73 Å². The molecule has 0 aliphatic heterocycles. The van der Waals surface area contributed by atoms with Gasteiger partial charge >= 0.3 is 0 Å². The Hall–Kier alpha value is -0.110. The second-order valence-electron chi connectivity index (χ2n) is 3.41. The molecule has 2 heteroatoms. The van der Waals surface area contributed by atoms with E-state index in [2.05, 4.69) is 0 Å². The summed E-state index contributed by atoms with van der Waals surface area (Å²) in [4.78, 5) is 0. The Morgan fingerprint density at radius 3 is 2.11 bits per heavy atom. The summed E-state index contributed by atoms with van der Waals surface area (Å²) in [6.45, 7) is 0. The van der Waals surface area contributed by atoms with E-state index in [0.29, 0.717) is 18.3 Å². The van der Waals surface area contributed by atoms with Gasteiger partial charge in [-0.15, -0.1) is 0 Å². The van der Waals surface area contributed by atoms with Crippen LogP contribution in [0.5, 0.6) is 0 Å². The number of hydrogen-bond donors (Lipinski definition) is 1. The van der Waals surface area contributed by atoms with Crippen molar-refractivity contribution < 1.29 is 4.39 Å². The maximum Gasteiger partial charge on any atom is 0.104 e. The first-order valence-corrected chi connectivity index (χ1v) is 3.67. The first-order valence-electron chi connectivity index (χ1n) is 3.67. The Balaban J connectivity index is 2.04. The molecule has 0 aromatic rings. The van der Waals surface area contributed by atoms with Gasteiger partial charge in [0.1, 0.15) is 6.17 Å². The van der Waals surface area contributed by atoms with Gasteiger partial charge in [0.05, 0.1) is 0 Å². The number of hydrogen-bond acceptors (Lipinski definition) is 1. The topological polar surface area (TPSA) is 26.0 Å². The first kappa shape index (κ1) is 5.66. The summed E-state index contributed by atoms with van der Waals surface area (Å²) in [6, 6.07) is 0.171. The van der Waals surface area contributed by atoms with Gasteiger partial charge in [-0.25, -0.2) is 4.39 Å². The highest BCUT2D eigenvalue weighted by Crippen LogP contribution is 2.46. The lowest BCUT2D eigenvalue weighted by Crippen LogP contribution is -2.50. The summed E-state index contributed by atoms with van der Waals surface area (Å²) in [5.41, 5.74) is 5.67. The smallest absolute Gasteiger partial charge is 0.104 e. The lowest BCUT2D eigenvalue weighted by Gasteiger charge is -2.47. The van der Waals surface area contributed by atoms with Gasteiger partial charge in [0.2, 0.25) is 0 Å². The van der Waals surface area contributed by atoms with E-state index in [0.717, 1.165) is 12.8 Å². The van der Waals surface area contributed by atoms with Gasteiger partial charge < -0.3 is 5.73 Å². The fraction of sp³-hybridized carbons (Fsp3) is 1.00. The summed E-state index contributed by atoms with van der Waals surface area (Å²) >= 11 is 0. The fourth-order valence-electron chi connectivity index (χ4n) is 2.00. The number of halogens is 1. The third-order valence-electron chi connectivity index (χ3n) is 2.83. The summed E-state index contributed by atoms with van der Waals surface area (Å²) in [6.07, 6.45) is 2.16. The molecule has 0 heterocycles. The number of alkyl halides is 1. The van der Waals surface area contributed by atoms with Crippen LogP contribution in [0.3, 0.4) is 0 Å². The zero-order chi connectivity index (χ0) is 6.43. The third kappa shape index (κ3) is 0.692. The van der Waals surface area contributed by atoms with Crippen molar-refractivity contribution in [2.24, 2.45) is 17.6 Å². The van der Waals surface area contributed by atoms with Crippen LogP contribution in [0.4, 0.5) is 4.39 Å². The zero-order valence-electron chi connectivity index (χ0n) is 5.39. The molecular weight excluding hydrogens is 117 g/mol. The predicted octanol–water partition coefficient (Wildman–Crippen LogP) is 1.08. The highest BCUT2D eigenvalue weighted by atomic mass is 19.1. The molecule has 3 rings (SSSR count). The van der Waals surface area contributed by atoms with Gasteiger partial charge in [-0.2, -0.15) is 0 Å². The van der Waals surface area contributed by atoms with Crippen molar-refractivity contribution in [1.29, 1.82) is 0 Å². The molecule has 9 heavy (non-hydrogen) atoms. The van der Waals surface area contributed by atoms with Gasteiger partial charge in [0.25, 0.3) is 0 Å². The average molecular weight is 129 g/mol. The van der Waals surface area contributed by atoms with Crippen LogP contribution in [0.15, 0.2) is 0 Å². The minimum atomic E-state index is -0.579. The van der Waals surface area contributed by atoms with Crippen molar-refractivity contribution in [1.82, 2.24) is 0 Å². The number of rotatable bonds is 0. The van der Waals surface area contributed by atoms with E-state index < -0.39 is 6.17 Å². The number of fused-ring (bicyclic) bond motifs is 2. The van der Waals surface area contributed by atoms with Crippen LogP contribution in [-0.4, -0.2) is 12.2 Å².